The number of hydrogen-bond donors (Lipinski definition) is 2. The number of benzene rings is 1. The average molecular weight is 378 g/mol. The minimum Gasteiger partial charge on any atom is -0.493 e. The summed E-state index contributed by atoms with van der Waals surface area (Å²) in [5.41, 5.74) is 0.0271. The molecule has 2 rings (SSSR count). The molecule has 2 N–H and O–H groups in total. The number of hydrogen-bond acceptors (Lipinski definition) is 6. The maximum atomic E-state index is 11.8. The van der Waals surface area contributed by atoms with Gasteiger partial charge in [-0.05, 0) is 18.1 Å². The van der Waals surface area contributed by atoms with E-state index in [1.807, 2.05) is 12.1 Å². The molecule has 1 aromatic heterocycles. The fourth-order valence-corrected chi connectivity index (χ4v) is 2.72. The van der Waals surface area contributed by atoms with Crippen LogP contribution in [0.5, 0.6) is 11.5 Å². The van der Waals surface area contributed by atoms with Crippen molar-refractivity contribution in [1.82, 2.24) is 10.3 Å². The Labute approximate surface area is 156 Å². The van der Waals surface area contributed by atoms with Crippen molar-refractivity contribution in [2.75, 3.05) is 19.8 Å². The molecule has 0 saturated carbocycles. The molecule has 26 heavy (non-hydrogen) atoms. The molecule has 0 atom stereocenters. The van der Waals surface area contributed by atoms with E-state index in [1.165, 1.54) is 16.7 Å². The second kappa shape index (κ2) is 9.76. The van der Waals surface area contributed by atoms with Crippen LogP contribution >= 0.6 is 11.3 Å². The summed E-state index contributed by atoms with van der Waals surface area (Å²) in [5.74, 6) is 0.384. The predicted molar refractivity (Wildman–Crippen MR) is 98.1 cm³/mol. The van der Waals surface area contributed by atoms with E-state index in [2.05, 4.69) is 24.1 Å². The molecule has 1 amide bonds. The van der Waals surface area contributed by atoms with Crippen LogP contribution in [0.15, 0.2) is 29.6 Å². The highest BCUT2D eigenvalue weighted by atomic mass is 32.1. The third kappa shape index (κ3) is 6.72. The standard InChI is InChI=1S/C18H22N2O5S/c1-12(2)9-24-13-4-3-5-14(8-13)25-10-16(21)19-7-6-17-20-15(11-26-17)18(22)23/h3-5,8,11-12H,6-7,9-10H2,1-2H3,(H,19,21)(H,22,23). The SMILES string of the molecule is CC(C)COc1cccc(OCC(=O)NCCc2nc(C(=O)O)cs2)c1. The zero-order chi connectivity index (χ0) is 18.9. The Morgan fingerprint density at radius 3 is 2.65 bits per heavy atom. The molecular formula is C18H22N2O5S. The largest absolute Gasteiger partial charge is 0.493 e. The van der Waals surface area contributed by atoms with E-state index < -0.39 is 5.97 Å². The number of aromatic carboxylic acids is 1. The van der Waals surface area contributed by atoms with E-state index >= 15 is 0 Å². The Morgan fingerprint density at radius 1 is 1.27 bits per heavy atom. The number of carbonyl (C=O) groups excluding carboxylic acids is 1. The number of nitrogens with one attached hydrogen (secondary N) is 1. The summed E-state index contributed by atoms with van der Waals surface area (Å²) in [4.78, 5) is 26.6. The molecule has 140 valence electrons. The van der Waals surface area contributed by atoms with Crippen molar-refractivity contribution >= 4 is 23.2 Å². The molecule has 0 aliphatic heterocycles. The average Bonchev–Trinajstić information content (AvgIpc) is 3.08. The number of carboxylic acid groups (broad SMARTS) is 1. The van der Waals surface area contributed by atoms with Gasteiger partial charge in [0.25, 0.3) is 5.91 Å². The Kier molecular flexibility index (Phi) is 7.40. The van der Waals surface area contributed by atoms with Crippen LogP contribution in [0.4, 0.5) is 0 Å². The summed E-state index contributed by atoms with van der Waals surface area (Å²) in [7, 11) is 0. The van der Waals surface area contributed by atoms with Crippen LogP contribution in [0.1, 0.15) is 29.3 Å². The van der Waals surface area contributed by atoms with Gasteiger partial charge in [-0.15, -0.1) is 11.3 Å². The van der Waals surface area contributed by atoms with Crippen LogP contribution in [0.25, 0.3) is 0 Å². The molecule has 0 aliphatic rings. The number of carbonyl (C=O) groups is 2. The zero-order valence-corrected chi connectivity index (χ0v) is 15.5. The second-order valence-electron chi connectivity index (χ2n) is 6.00. The fourth-order valence-electron chi connectivity index (χ4n) is 1.95. The summed E-state index contributed by atoms with van der Waals surface area (Å²) in [5, 5.41) is 13.7. The Morgan fingerprint density at radius 2 is 2.00 bits per heavy atom. The van der Waals surface area contributed by atoms with E-state index in [-0.39, 0.29) is 18.2 Å². The quantitative estimate of drug-likeness (QED) is 0.659. The van der Waals surface area contributed by atoms with Gasteiger partial charge in [-0.2, -0.15) is 0 Å². The molecular weight excluding hydrogens is 356 g/mol. The lowest BCUT2D eigenvalue weighted by Crippen LogP contribution is -2.30. The van der Waals surface area contributed by atoms with E-state index in [0.29, 0.717) is 42.0 Å². The first-order valence-electron chi connectivity index (χ1n) is 8.24. The lowest BCUT2D eigenvalue weighted by Gasteiger charge is -2.11. The van der Waals surface area contributed by atoms with Gasteiger partial charge in [0.15, 0.2) is 12.3 Å². The minimum atomic E-state index is -1.05. The van der Waals surface area contributed by atoms with Crippen LogP contribution in [0.2, 0.25) is 0 Å². The van der Waals surface area contributed by atoms with Crippen LogP contribution in [-0.4, -0.2) is 41.7 Å². The highest BCUT2D eigenvalue weighted by Gasteiger charge is 2.09. The topological polar surface area (TPSA) is 97.8 Å². The Hall–Kier alpha value is -2.61. The fraction of sp³-hybridized carbons (Fsp3) is 0.389. The first-order chi connectivity index (χ1) is 12.4. The molecule has 7 nitrogen and oxygen atoms in total. The van der Waals surface area contributed by atoms with Gasteiger partial charge in [0.2, 0.25) is 0 Å². The molecule has 0 spiro atoms. The Balaban J connectivity index is 1.71. The number of ether oxygens (including phenoxy) is 2. The maximum absolute atomic E-state index is 11.8. The van der Waals surface area contributed by atoms with Crippen molar-refractivity contribution in [3.63, 3.8) is 0 Å². The monoisotopic (exact) mass is 378 g/mol. The molecule has 1 heterocycles. The molecule has 0 fully saturated rings. The summed E-state index contributed by atoms with van der Waals surface area (Å²) in [6.45, 7) is 5.01. The molecule has 0 saturated heterocycles. The van der Waals surface area contributed by atoms with Gasteiger partial charge in [-0.1, -0.05) is 19.9 Å². The van der Waals surface area contributed by atoms with Crippen molar-refractivity contribution < 1.29 is 24.2 Å². The van der Waals surface area contributed by atoms with E-state index in [0.717, 1.165) is 0 Å². The third-order valence-electron chi connectivity index (χ3n) is 3.19. The molecule has 0 unspecified atom stereocenters. The van der Waals surface area contributed by atoms with Gasteiger partial charge in [0.1, 0.15) is 11.5 Å². The Bertz CT molecular complexity index is 745. The summed E-state index contributed by atoms with van der Waals surface area (Å²) >= 11 is 1.26. The van der Waals surface area contributed by atoms with Crippen molar-refractivity contribution in [3.05, 3.63) is 40.3 Å². The number of nitrogens with zero attached hydrogens (tertiary/aromatic N) is 1. The van der Waals surface area contributed by atoms with Gasteiger partial charge in [-0.25, -0.2) is 9.78 Å². The summed E-state index contributed by atoms with van der Waals surface area (Å²) < 4.78 is 11.1. The van der Waals surface area contributed by atoms with E-state index in [1.54, 1.807) is 12.1 Å². The highest BCUT2D eigenvalue weighted by Crippen LogP contribution is 2.19. The normalized spacial score (nSPS) is 10.6. The highest BCUT2D eigenvalue weighted by molar-refractivity contribution is 7.09. The van der Waals surface area contributed by atoms with Crippen molar-refractivity contribution in [1.29, 1.82) is 0 Å². The predicted octanol–water partition coefficient (Wildman–Crippen LogP) is 2.61. The summed E-state index contributed by atoms with van der Waals surface area (Å²) in [6.07, 6.45) is 0.474. The molecule has 0 aliphatic carbocycles. The van der Waals surface area contributed by atoms with Gasteiger partial charge in [0, 0.05) is 24.4 Å². The second-order valence-corrected chi connectivity index (χ2v) is 6.94. The van der Waals surface area contributed by atoms with Gasteiger partial charge < -0.3 is 19.9 Å². The van der Waals surface area contributed by atoms with Crippen molar-refractivity contribution in [3.8, 4) is 11.5 Å². The number of carboxylic acids is 1. The third-order valence-corrected chi connectivity index (χ3v) is 4.10. The molecule has 0 bridgehead atoms. The number of rotatable bonds is 10. The summed E-state index contributed by atoms with van der Waals surface area (Å²) in [6, 6.07) is 7.16. The van der Waals surface area contributed by atoms with E-state index in [4.69, 9.17) is 14.6 Å². The van der Waals surface area contributed by atoms with E-state index in [9.17, 15) is 9.59 Å². The molecule has 1 aromatic carbocycles. The molecule has 2 aromatic rings. The van der Waals surface area contributed by atoms with Gasteiger partial charge in [0.05, 0.1) is 11.6 Å². The van der Waals surface area contributed by atoms with Crippen molar-refractivity contribution in [2.24, 2.45) is 5.92 Å². The van der Waals surface area contributed by atoms with Crippen LogP contribution in [0, 0.1) is 5.92 Å². The van der Waals surface area contributed by atoms with Crippen LogP contribution in [0.3, 0.4) is 0 Å². The number of aromatic nitrogens is 1. The lowest BCUT2D eigenvalue weighted by molar-refractivity contribution is -0.123. The smallest absolute Gasteiger partial charge is 0.355 e. The number of thiazole rings is 1. The van der Waals surface area contributed by atoms with Gasteiger partial charge >= 0.3 is 5.97 Å². The minimum absolute atomic E-state index is 0.0271. The lowest BCUT2D eigenvalue weighted by atomic mass is 10.2. The van der Waals surface area contributed by atoms with Gasteiger partial charge in [-0.3, -0.25) is 4.79 Å². The maximum Gasteiger partial charge on any atom is 0.355 e. The first-order valence-corrected chi connectivity index (χ1v) is 9.12. The number of amides is 1. The van der Waals surface area contributed by atoms with Crippen LogP contribution < -0.4 is 14.8 Å². The first kappa shape index (κ1) is 19.7. The molecule has 8 heteroatoms. The molecule has 0 radical (unpaired) electrons. The zero-order valence-electron chi connectivity index (χ0n) is 14.7. The van der Waals surface area contributed by atoms with Crippen LogP contribution in [-0.2, 0) is 11.2 Å². The van der Waals surface area contributed by atoms with Crippen molar-refractivity contribution in [2.45, 2.75) is 20.3 Å².